The predicted molar refractivity (Wildman–Crippen MR) is 104 cm³/mol. The third kappa shape index (κ3) is 6.41. The summed E-state index contributed by atoms with van der Waals surface area (Å²) in [5, 5.41) is 6.40. The quantitative estimate of drug-likeness (QED) is 0.698. The summed E-state index contributed by atoms with van der Waals surface area (Å²) >= 11 is 5.28. The smallest absolute Gasteiger partial charge is 0.406 e. The number of alkyl halides is 3. The van der Waals surface area contributed by atoms with Crippen LogP contribution in [-0.4, -0.2) is 29.5 Å². The summed E-state index contributed by atoms with van der Waals surface area (Å²) in [7, 11) is 0. The summed E-state index contributed by atoms with van der Waals surface area (Å²) in [5.74, 6) is -0.276. The molecule has 1 saturated heterocycles. The van der Waals surface area contributed by atoms with E-state index in [1.807, 2.05) is 18.2 Å². The lowest BCUT2D eigenvalue weighted by atomic mass is 10.2. The molecule has 2 N–H and O–H groups in total. The van der Waals surface area contributed by atoms with Crippen LogP contribution >= 0.6 is 12.2 Å². The first kappa shape index (κ1) is 19.4. The van der Waals surface area contributed by atoms with Crippen molar-refractivity contribution >= 4 is 28.7 Å². The summed E-state index contributed by atoms with van der Waals surface area (Å²) in [4.78, 5) is 2.42. The van der Waals surface area contributed by atoms with Gasteiger partial charge in [-0.25, -0.2) is 0 Å². The summed E-state index contributed by atoms with van der Waals surface area (Å²) in [6.07, 6.45) is -2.20. The highest BCUT2D eigenvalue weighted by molar-refractivity contribution is 7.80. The Hall–Kier alpha value is -2.32. The molecular formula is C19H20F3N3OS. The lowest BCUT2D eigenvalue weighted by Gasteiger charge is -2.16. The minimum absolute atomic E-state index is 0.276. The third-order valence-corrected chi connectivity index (χ3v) is 4.34. The molecular weight excluding hydrogens is 375 g/mol. The highest BCUT2D eigenvalue weighted by Gasteiger charge is 2.30. The number of nitrogens with one attached hydrogen (secondary N) is 2. The van der Waals surface area contributed by atoms with Crippen molar-refractivity contribution in [3.8, 4) is 5.75 Å². The van der Waals surface area contributed by atoms with E-state index in [-0.39, 0.29) is 5.75 Å². The molecule has 1 heterocycles. The summed E-state index contributed by atoms with van der Waals surface area (Å²) in [6.45, 7) is 3.17. The minimum Gasteiger partial charge on any atom is -0.406 e. The van der Waals surface area contributed by atoms with E-state index in [9.17, 15) is 13.2 Å². The van der Waals surface area contributed by atoms with Crippen LogP contribution in [0.15, 0.2) is 48.5 Å². The Morgan fingerprint density at radius 3 is 2.33 bits per heavy atom. The first-order valence-electron chi connectivity index (χ1n) is 8.62. The number of nitrogens with zero attached hydrogens (tertiary/aromatic N) is 1. The molecule has 0 spiro atoms. The molecule has 1 aliphatic heterocycles. The fraction of sp³-hybridized carbons (Fsp3) is 0.316. The van der Waals surface area contributed by atoms with Gasteiger partial charge in [-0.2, -0.15) is 0 Å². The van der Waals surface area contributed by atoms with Gasteiger partial charge in [-0.05, 0) is 80.1 Å². The number of hydrogen-bond donors (Lipinski definition) is 2. The van der Waals surface area contributed by atoms with Crippen molar-refractivity contribution in [2.45, 2.75) is 25.7 Å². The van der Waals surface area contributed by atoms with Crippen molar-refractivity contribution in [3.63, 3.8) is 0 Å². The molecule has 1 fully saturated rings. The fourth-order valence-corrected chi connectivity index (χ4v) is 3.22. The van der Waals surface area contributed by atoms with E-state index in [0.29, 0.717) is 10.8 Å². The summed E-state index contributed by atoms with van der Waals surface area (Å²) in [5.41, 5.74) is 2.63. The first-order valence-corrected chi connectivity index (χ1v) is 9.03. The zero-order chi connectivity index (χ0) is 19.3. The molecule has 0 unspecified atom stereocenters. The number of anilines is 2. The van der Waals surface area contributed by atoms with Crippen molar-refractivity contribution in [1.29, 1.82) is 0 Å². The Bertz CT molecular complexity index is 775. The van der Waals surface area contributed by atoms with Crippen molar-refractivity contribution < 1.29 is 17.9 Å². The molecule has 0 saturated carbocycles. The zero-order valence-electron chi connectivity index (χ0n) is 14.6. The summed E-state index contributed by atoms with van der Waals surface area (Å²) in [6, 6.07) is 13.4. The maximum absolute atomic E-state index is 12.2. The van der Waals surface area contributed by atoms with E-state index in [1.165, 1.54) is 42.7 Å². The standard InChI is InChI=1S/C19H20F3N3OS/c20-19(21,22)26-17-8-6-15(7-9-17)23-18(27)24-16-5-3-4-14(12-16)13-25-10-1-2-11-25/h3-9,12H,1-2,10-11,13H2,(H2,23,24,27). The van der Waals surface area contributed by atoms with Crippen molar-refractivity contribution in [2.75, 3.05) is 23.7 Å². The number of ether oxygens (including phenoxy) is 1. The van der Waals surface area contributed by atoms with E-state index in [1.54, 1.807) is 0 Å². The molecule has 3 rings (SSSR count). The van der Waals surface area contributed by atoms with E-state index in [0.717, 1.165) is 25.3 Å². The largest absolute Gasteiger partial charge is 0.573 e. The Balaban J connectivity index is 1.54. The van der Waals surface area contributed by atoms with Crippen LogP contribution in [0.5, 0.6) is 5.75 Å². The monoisotopic (exact) mass is 395 g/mol. The summed E-state index contributed by atoms with van der Waals surface area (Å²) < 4.78 is 40.4. The first-order chi connectivity index (χ1) is 12.9. The zero-order valence-corrected chi connectivity index (χ0v) is 15.4. The number of halogens is 3. The highest BCUT2D eigenvalue weighted by Crippen LogP contribution is 2.24. The number of benzene rings is 2. The maximum atomic E-state index is 12.2. The molecule has 2 aromatic carbocycles. The second kappa shape index (κ2) is 8.58. The normalized spacial score (nSPS) is 14.8. The molecule has 2 aromatic rings. The molecule has 8 heteroatoms. The molecule has 144 valence electrons. The van der Waals surface area contributed by atoms with Gasteiger partial charge in [0.15, 0.2) is 5.11 Å². The van der Waals surface area contributed by atoms with Gasteiger partial charge in [-0.1, -0.05) is 12.1 Å². The Kier molecular flexibility index (Phi) is 6.18. The minimum atomic E-state index is -4.70. The topological polar surface area (TPSA) is 36.5 Å². The molecule has 0 aliphatic carbocycles. The lowest BCUT2D eigenvalue weighted by Crippen LogP contribution is -2.20. The van der Waals surface area contributed by atoms with Gasteiger partial charge < -0.3 is 15.4 Å². The molecule has 4 nitrogen and oxygen atoms in total. The van der Waals surface area contributed by atoms with Gasteiger partial charge in [0.2, 0.25) is 0 Å². The SMILES string of the molecule is FC(F)(F)Oc1ccc(NC(=S)Nc2cccc(CN3CCCC3)c2)cc1. The second-order valence-corrected chi connectivity index (χ2v) is 6.74. The number of thiocarbonyl (C=S) groups is 1. The molecule has 1 aliphatic rings. The average Bonchev–Trinajstić information content (AvgIpc) is 3.08. The van der Waals surface area contributed by atoms with Gasteiger partial charge in [-0.3, -0.25) is 4.90 Å². The highest BCUT2D eigenvalue weighted by atomic mass is 32.1. The van der Waals surface area contributed by atoms with Crippen LogP contribution < -0.4 is 15.4 Å². The number of hydrogen-bond acceptors (Lipinski definition) is 3. The number of rotatable bonds is 5. The third-order valence-electron chi connectivity index (χ3n) is 4.14. The number of likely N-dealkylation sites (tertiary alicyclic amines) is 1. The van der Waals surface area contributed by atoms with Gasteiger partial charge in [0.05, 0.1) is 0 Å². The molecule has 0 aromatic heterocycles. The van der Waals surface area contributed by atoms with Crippen LogP contribution in [0.25, 0.3) is 0 Å². The van der Waals surface area contributed by atoms with Crippen LogP contribution in [0.2, 0.25) is 0 Å². The van der Waals surface area contributed by atoms with Crippen molar-refractivity contribution in [3.05, 3.63) is 54.1 Å². The maximum Gasteiger partial charge on any atom is 0.573 e. The van der Waals surface area contributed by atoms with Gasteiger partial charge in [-0.15, -0.1) is 13.2 Å². The Labute approximate surface area is 161 Å². The predicted octanol–water partition coefficient (Wildman–Crippen LogP) is 4.99. The van der Waals surface area contributed by atoms with E-state index in [4.69, 9.17) is 12.2 Å². The van der Waals surface area contributed by atoms with Crippen molar-refractivity contribution in [2.24, 2.45) is 0 Å². The Morgan fingerprint density at radius 1 is 1.00 bits per heavy atom. The van der Waals surface area contributed by atoms with Gasteiger partial charge in [0.1, 0.15) is 5.75 Å². The van der Waals surface area contributed by atoms with E-state index in [2.05, 4.69) is 26.3 Å². The van der Waals surface area contributed by atoms with Crippen molar-refractivity contribution in [1.82, 2.24) is 4.90 Å². The van der Waals surface area contributed by atoms with Gasteiger partial charge in [0, 0.05) is 17.9 Å². The molecule has 0 bridgehead atoms. The van der Waals surface area contributed by atoms with E-state index >= 15 is 0 Å². The molecule has 0 amide bonds. The van der Waals surface area contributed by atoms with Crippen LogP contribution in [0.3, 0.4) is 0 Å². The van der Waals surface area contributed by atoms with Crippen LogP contribution in [-0.2, 0) is 6.54 Å². The van der Waals surface area contributed by atoms with Crippen LogP contribution in [0, 0.1) is 0 Å². The van der Waals surface area contributed by atoms with Crippen LogP contribution in [0.4, 0.5) is 24.5 Å². The van der Waals surface area contributed by atoms with Gasteiger partial charge in [0.25, 0.3) is 0 Å². The molecule has 0 atom stereocenters. The second-order valence-electron chi connectivity index (χ2n) is 6.33. The average molecular weight is 395 g/mol. The Morgan fingerprint density at radius 2 is 1.67 bits per heavy atom. The lowest BCUT2D eigenvalue weighted by molar-refractivity contribution is -0.274. The molecule has 27 heavy (non-hydrogen) atoms. The fourth-order valence-electron chi connectivity index (χ4n) is 2.98. The van der Waals surface area contributed by atoms with Crippen LogP contribution in [0.1, 0.15) is 18.4 Å². The van der Waals surface area contributed by atoms with Gasteiger partial charge >= 0.3 is 6.36 Å². The van der Waals surface area contributed by atoms with E-state index < -0.39 is 6.36 Å². The molecule has 0 radical (unpaired) electrons.